The third kappa shape index (κ3) is 5.30. The number of nitrogens with zero attached hydrogens (tertiary/aromatic N) is 2. The number of aliphatic hydroxyl groups is 1. The van der Waals surface area contributed by atoms with E-state index in [1.807, 2.05) is 0 Å². The largest absolute Gasteiger partial charge is 0.373 e. The van der Waals surface area contributed by atoms with Gasteiger partial charge in [-0.1, -0.05) is 18.5 Å². The molecule has 2 heterocycles. The third-order valence-corrected chi connectivity index (χ3v) is 5.61. The molecule has 1 aliphatic rings. The van der Waals surface area contributed by atoms with Gasteiger partial charge in [-0.25, -0.2) is 4.39 Å². The van der Waals surface area contributed by atoms with Crippen LogP contribution in [0.1, 0.15) is 30.1 Å². The second-order valence-corrected chi connectivity index (χ2v) is 8.17. The Labute approximate surface area is 195 Å². The fraction of sp³-hybridized carbons (Fsp3) is 0.292. The maximum Gasteiger partial charge on any atom is 0.266 e. The number of aromatic nitrogens is 1. The van der Waals surface area contributed by atoms with Crippen molar-refractivity contribution in [2.45, 2.75) is 31.9 Å². The topological polar surface area (TPSA) is 91.6 Å². The summed E-state index contributed by atoms with van der Waals surface area (Å²) in [6.07, 6.45) is 2.49. The molecule has 0 radical (unpaired) electrons. The van der Waals surface area contributed by atoms with Crippen molar-refractivity contribution in [3.05, 3.63) is 65.1 Å². The first kappa shape index (κ1) is 24.6. The summed E-state index contributed by atoms with van der Waals surface area (Å²) in [4.78, 5) is 36.3. The molecule has 7 nitrogen and oxygen atoms in total. The predicted octanol–water partition coefficient (Wildman–Crippen LogP) is 3.56. The molecule has 1 amide bonds. The summed E-state index contributed by atoms with van der Waals surface area (Å²) >= 11 is 5.62. The Hall–Kier alpha value is -3.07. The molecule has 33 heavy (non-hydrogen) atoms. The summed E-state index contributed by atoms with van der Waals surface area (Å²) in [7, 11) is 1.80. The van der Waals surface area contributed by atoms with Gasteiger partial charge in [-0.2, -0.15) is 0 Å². The minimum atomic E-state index is -1.92. The predicted molar refractivity (Wildman–Crippen MR) is 125 cm³/mol. The number of carbonyl (C=O) groups is 3. The van der Waals surface area contributed by atoms with E-state index in [0.29, 0.717) is 30.0 Å². The average molecular weight is 474 g/mol. The van der Waals surface area contributed by atoms with Gasteiger partial charge in [-0.3, -0.25) is 19.0 Å². The molecule has 0 aliphatic carbocycles. The number of rotatable bonds is 5. The van der Waals surface area contributed by atoms with Crippen molar-refractivity contribution in [1.29, 1.82) is 0 Å². The Morgan fingerprint density at radius 3 is 2.64 bits per heavy atom. The van der Waals surface area contributed by atoms with E-state index in [1.165, 1.54) is 17.0 Å². The molecule has 1 saturated heterocycles. The van der Waals surface area contributed by atoms with Gasteiger partial charge in [0.1, 0.15) is 5.82 Å². The van der Waals surface area contributed by atoms with E-state index in [4.69, 9.17) is 11.6 Å². The van der Waals surface area contributed by atoms with Crippen LogP contribution in [0, 0.1) is 5.82 Å². The van der Waals surface area contributed by atoms with Crippen LogP contribution >= 0.6 is 11.6 Å². The number of amides is 1. The van der Waals surface area contributed by atoms with Crippen molar-refractivity contribution in [3.8, 4) is 0 Å². The van der Waals surface area contributed by atoms with Crippen molar-refractivity contribution in [3.63, 3.8) is 0 Å². The van der Waals surface area contributed by atoms with Crippen LogP contribution in [0.25, 0.3) is 10.9 Å². The Bertz CT molecular complexity index is 1180. The van der Waals surface area contributed by atoms with Gasteiger partial charge in [0, 0.05) is 48.2 Å². The lowest BCUT2D eigenvalue weighted by Crippen LogP contribution is -2.41. The summed E-state index contributed by atoms with van der Waals surface area (Å²) in [5.41, 5.74) is 0.321. The first-order valence-electron chi connectivity index (χ1n) is 10.5. The molecule has 0 bridgehead atoms. The average Bonchev–Trinajstić information content (AvgIpc) is 3.34. The molecule has 4 rings (SSSR count). The van der Waals surface area contributed by atoms with Crippen molar-refractivity contribution in [2.75, 3.05) is 18.5 Å². The molecule has 1 fully saturated rings. The zero-order chi connectivity index (χ0) is 24.2. The van der Waals surface area contributed by atoms with Gasteiger partial charge in [-0.15, -0.1) is 0 Å². The van der Waals surface area contributed by atoms with Gasteiger partial charge in [0.2, 0.25) is 11.5 Å². The standard InChI is InChI=1S/C16H16N2O4.C8H9ClFN/c1-2-14(20)18-7-5-11-9-12(3-4-13(11)18)17-8-6-16(22,10-19)15(17)21;1-11-5-6-2-7(9)4-8(10)3-6/h3-5,7,9-10,22H,2,6,8H2,1H3;2-4,11H,5H2,1H3. The van der Waals surface area contributed by atoms with Crippen LogP contribution < -0.4 is 10.2 Å². The molecular weight excluding hydrogens is 449 g/mol. The zero-order valence-electron chi connectivity index (χ0n) is 18.3. The molecule has 2 aromatic carbocycles. The molecule has 1 aromatic heterocycles. The highest BCUT2D eigenvalue weighted by Gasteiger charge is 2.45. The van der Waals surface area contributed by atoms with Gasteiger partial charge in [0.05, 0.1) is 5.52 Å². The molecule has 1 unspecified atom stereocenters. The number of carbonyl (C=O) groups excluding carboxylic acids is 3. The van der Waals surface area contributed by atoms with E-state index in [1.54, 1.807) is 55.1 Å². The van der Waals surface area contributed by atoms with E-state index in [0.717, 1.165) is 16.5 Å². The lowest BCUT2D eigenvalue weighted by Gasteiger charge is -2.18. The van der Waals surface area contributed by atoms with Crippen LogP contribution in [0.4, 0.5) is 10.1 Å². The lowest BCUT2D eigenvalue weighted by atomic mass is 10.1. The molecule has 174 valence electrons. The van der Waals surface area contributed by atoms with E-state index < -0.39 is 11.5 Å². The number of fused-ring (bicyclic) bond motifs is 1. The Morgan fingerprint density at radius 2 is 2.03 bits per heavy atom. The van der Waals surface area contributed by atoms with Crippen molar-refractivity contribution >= 4 is 46.3 Å². The molecule has 2 N–H and O–H groups in total. The fourth-order valence-corrected chi connectivity index (χ4v) is 3.93. The van der Waals surface area contributed by atoms with Crippen LogP contribution in [0.2, 0.25) is 5.02 Å². The summed E-state index contributed by atoms with van der Waals surface area (Å²) in [5, 5.41) is 14.1. The van der Waals surface area contributed by atoms with Gasteiger partial charge in [-0.05, 0) is 55.1 Å². The van der Waals surface area contributed by atoms with Gasteiger partial charge >= 0.3 is 0 Å². The van der Waals surface area contributed by atoms with Gasteiger partial charge < -0.3 is 15.3 Å². The second kappa shape index (κ2) is 10.2. The fourth-order valence-electron chi connectivity index (χ4n) is 3.68. The van der Waals surface area contributed by atoms with Crippen LogP contribution in [-0.4, -0.2) is 47.0 Å². The molecule has 0 saturated carbocycles. The van der Waals surface area contributed by atoms with E-state index in [9.17, 15) is 23.9 Å². The molecule has 1 atom stereocenters. The van der Waals surface area contributed by atoms with E-state index >= 15 is 0 Å². The zero-order valence-corrected chi connectivity index (χ0v) is 19.1. The molecule has 9 heteroatoms. The third-order valence-electron chi connectivity index (χ3n) is 5.39. The quantitative estimate of drug-likeness (QED) is 0.436. The van der Waals surface area contributed by atoms with Crippen LogP contribution in [0.3, 0.4) is 0 Å². The van der Waals surface area contributed by atoms with Crippen molar-refractivity contribution in [1.82, 2.24) is 9.88 Å². The van der Waals surface area contributed by atoms with Crippen LogP contribution in [0.5, 0.6) is 0 Å². The van der Waals surface area contributed by atoms with E-state index in [2.05, 4.69) is 5.32 Å². The Morgan fingerprint density at radius 1 is 1.27 bits per heavy atom. The van der Waals surface area contributed by atoms with Crippen molar-refractivity contribution < 1.29 is 23.9 Å². The highest BCUT2D eigenvalue weighted by atomic mass is 35.5. The second-order valence-electron chi connectivity index (χ2n) is 7.73. The number of nitrogens with one attached hydrogen (secondary N) is 1. The number of aldehydes is 1. The Kier molecular flexibility index (Phi) is 7.63. The maximum atomic E-state index is 12.6. The highest BCUT2D eigenvalue weighted by molar-refractivity contribution is 6.30. The first-order chi connectivity index (χ1) is 15.7. The monoisotopic (exact) mass is 473 g/mol. The SMILES string of the molecule is CCC(=O)n1ccc2cc(N3CCC(O)(C=O)C3=O)ccc21.CNCc1cc(F)cc(Cl)c1. The number of hydrogen-bond donors (Lipinski definition) is 2. The maximum absolute atomic E-state index is 12.6. The van der Waals surface area contributed by atoms with E-state index in [-0.39, 0.29) is 24.7 Å². The summed E-state index contributed by atoms with van der Waals surface area (Å²) < 4.78 is 14.2. The summed E-state index contributed by atoms with van der Waals surface area (Å²) in [6.45, 7) is 2.72. The highest BCUT2D eigenvalue weighted by Crippen LogP contribution is 2.30. The summed E-state index contributed by atoms with van der Waals surface area (Å²) in [6, 6.07) is 11.6. The van der Waals surface area contributed by atoms with Crippen LogP contribution in [-0.2, 0) is 16.1 Å². The van der Waals surface area contributed by atoms with Gasteiger partial charge in [0.15, 0.2) is 6.29 Å². The number of halogens is 2. The number of benzene rings is 2. The normalized spacial score (nSPS) is 17.7. The van der Waals surface area contributed by atoms with Crippen LogP contribution in [0.15, 0.2) is 48.7 Å². The number of anilines is 1. The minimum absolute atomic E-state index is 0.00433. The first-order valence-corrected chi connectivity index (χ1v) is 10.8. The molecular formula is C24H25ClFN3O4. The van der Waals surface area contributed by atoms with Crippen molar-refractivity contribution in [2.24, 2.45) is 0 Å². The molecule has 1 aliphatic heterocycles. The Balaban J connectivity index is 0.000000235. The van der Waals surface area contributed by atoms with Gasteiger partial charge in [0.25, 0.3) is 5.91 Å². The minimum Gasteiger partial charge on any atom is -0.373 e. The lowest BCUT2D eigenvalue weighted by molar-refractivity contribution is -0.140. The summed E-state index contributed by atoms with van der Waals surface area (Å²) in [5.74, 6) is -0.899. The smallest absolute Gasteiger partial charge is 0.266 e. The number of hydrogen-bond acceptors (Lipinski definition) is 5. The molecule has 3 aromatic rings. The molecule has 0 spiro atoms.